The smallest absolute Gasteiger partial charge is 0.320 e. The third-order valence-corrected chi connectivity index (χ3v) is 5.41. The lowest BCUT2D eigenvalue weighted by Gasteiger charge is -2.20. The zero-order valence-corrected chi connectivity index (χ0v) is 14.7. The molecule has 0 spiro atoms. The van der Waals surface area contributed by atoms with Gasteiger partial charge in [-0.1, -0.05) is 40.2 Å². The quantitative estimate of drug-likeness (QED) is 0.484. The van der Waals surface area contributed by atoms with E-state index in [1.165, 1.54) is 36.4 Å². The predicted octanol–water partition coefficient (Wildman–Crippen LogP) is 4.83. The summed E-state index contributed by atoms with van der Waals surface area (Å²) in [5, 5.41) is -0.510. The second kappa shape index (κ2) is 6.61. The van der Waals surface area contributed by atoms with Gasteiger partial charge in [0.1, 0.15) is 5.82 Å². The van der Waals surface area contributed by atoms with Crippen molar-refractivity contribution >= 4 is 36.2 Å². The number of hydrogen-bond donors (Lipinski definition) is 3. The van der Waals surface area contributed by atoms with E-state index in [0.717, 1.165) is 6.07 Å². The topological polar surface area (TPSA) is 57.5 Å². The lowest BCUT2D eigenvalue weighted by Crippen LogP contribution is -2.14. The van der Waals surface area contributed by atoms with E-state index in [9.17, 15) is 17.7 Å². The summed E-state index contributed by atoms with van der Waals surface area (Å²) in [6, 6.07) is 9.07. The first-order valence-corrected chi connectivity index (χ1v) is 9.13. The van der Waals surface area contributed by atoms with Crippen LogP contribution in [0.25, 0.3) is 0 Å². The zero-order chi connectivity index (χ0) is 17.4. The van der Waals surface area contributed by atoms with Gasteiger partial charge in [0.15, 0.2) is 0 Å². The third kappa shape index (κ3) is 3.83. The number of hydrogen-bond acceptors (Lipinski definition) is 2. The maximum Gasteiger partial charge on any atom is 0.399 e. The second-order valence-corrected chi connectivity index (χ2v) is 7.80. The molecule has 23 heavy (non-hydrogen) atoms. The molecule has 0 fully saturated rings. The maximum absolute atomic E-state index is 13.8. The fourth-order valence-corrected chi connectivity index (χ4v) is 3.58. The van der Waals surface area contributed by atoms with Crippen LogP contribution < -0.4 is 0 Å². The van der Waals surface area contributed by atoms with Crippen molar-refractivity contribution in [3.05, 3.63) is 69.4 Å². The molecule has 0 radical (unpaired) electrons. The van der Waals surface area contributed by atoms with Crippen LogP contribution in [0.3, 0.4) is 0 Å². The lowest BCUT2D eigenvalue weighted by atomic mass is 10.0. The van der Waals surface area contributed by atoms with E-state index in [-0.39, 0.29) is 4.47 Å². The van der Waals surface area contributed by atoms with Crippen molar-refractivity contribution in [3.63, 3.8) is 0 Å². The van der Waals surface area contributed by atoms with Crippen LogP contribution in [0.4, 0.5) is 13.2 Å². The van der Waals surface area contributed by atoms with Gasteiger partial charge in [-0.3, -0.25) is 4.57 Å². The molecule has 0 saturated heterocycles. The average Bonchev–Trinajstić information content (AvgIpc) is 2.45. The lowest BCUT2D eigenvalue weighted by molar-refractivity contribution is 0.0557. The highest BCUT2D eigenvalue weighted by atomic mass is 79.9. The molecule has 0 aliphatic carbocycles. The molecule has 0 heterocycles. The van der Waals surface area contributed by atoms with E-state index in [0.29, 0.717) is 11.1 Å². The van der Waals surface area contributed by atoms with E-state index in [4.69, 9.17) is 9.79 Å². The van der Waals surface area contributed by atoms with Gasteiger partial charge in [0.25, 0.3) is 0 Å². The molecular formula is C14H11BrF3O3PS. The molecule has 0 aromatic heterocycles. The molecular weight excluding hydrogens is 416 g/mol. The molecule has 9 heteroatoms. The van der Waals surface area contributed by atoms with Gasteiger partial charge in [-0.05, 0) is 29.3 Å². The number of halogens is 4. The summed E-state index contributed by atoms with van der Waals surface area (Å²) in [6.07, 6.45) is 0. The van der Waals surface area contributed by atoms with E-state index in [2.05, 4.69) is 28.6 Å². The number of benzene rings is 2. The molecule has 2 aromatic carbocycles. The largest absolute Gasteiger partial charge is 0.399 e. The highest BCUT2D eigenvalue weighted by Gasteiger charge is 2.51. The maximum atomic E-state index is 13.8. The van der Waals surface area contributed by atoms with Crippen LogP contribution in [-0.4, -0.2) is 9.79 Å². The fraction of sp³-hybridized carbons (Fsp3) is 0.143. The summed E-state index contributed by atoms with van der Waals surface area (Å²) in [4.78, 5) is 17.6. The Labute approximate surface area is 144 Å². The van der Waals surface area contributed by atoms with Crippen LogP contribution in [0.1, 0.15) is 21.9 Å². The van der Waals surface area contributed by atoms with Crippen LogP contribution >= 0.6 is 36.2 Å². The molecule has 0 aliphatic heterocycles. The van der Waals surface area contributed by atoms with Crippen LogP contribution in [0.2, 0.25) is 0 Å². The molecule has 0 amide bonds. The van der Waals surface area contributed by atoms with Crippen LogP contribution in [0.5, 0.6) is 0 Å². The Bertz CT molecular complexity index is 764. The van der Waals surface area contributed by atoms with Gasteiger partial charge in [-0.25, -0.2) is 4.39 Å². The first-order valence-electron chi connectivity index (χ1n) is 6.21. The van der Waals surface area contributed by atoms with Gasteiger partial charge >= 0.3 is 13.3 Å². The zero-order valence-electron chi connectivity index (χ0n) is 11.3. The molecule has 1 atom stereocenters. The summed E-state index contributed by atoms with van der Waals surface area (Å²) in [6.45, 7) is 0. The minimum absolute atomic E-state index is 0.149. The standard InChI is InChI=1S/C14H11BrF3O3PS/c15-12-7-9(13(23)8-1-4-10(16)5-2-8)3-6-11(12)14(17,18)22(19,20)21/h1-7,13,23H,(H2,19,20,21). The molecule has 2 aromatic rings. The van der Waals surface area contributed by atoms with Gasteiger partial charge in [-0.15, -0.1) is 0 Å². The Kier molecular flexibility index (Phi) is 5.33. The number of rotatable bonds is 4. The van der Waals surface area contributed by atoms with Crippen molar-refractivity contribution in [2.24, 2.45) is 0 Å². The molecule has 2 N–H and O–H groups in total. The molecule has 1 unspecified atom stereocenters. The van der Waals surface area contributed by atoms with Crippen LogP contribution in [0, 0.1) is 5.82 Å². The average molecular weight is 427 g/mol. The Balaban J connectivity index is 2.40. The number of alkyl halides is 2. The Morgan fingerprint density at radius 2 is 1.61 bits per heavy atom. The van der Waals surface area contributed by atoms with Gasteiger partial charge in [0.05, 0.1) is 5.25 Å². The van der Waals surface area contributed by atoms with Crippen molar-refractivity contribution < 1.29 is 27.5 Å². The predicted molar refractivity (Wildman–Crippen MR) is 87.3 cm³/mol. The van der Waals surface area contributed by atoms with E-state index < -0.39 is 29.9 Å². The summed E-state index contributed by atoms with van der Waals surface area (Å²) in [5.41, 5.74) is -3.95. The Hall–Kier alpha value is -0.790. The van der Waals surface area contributed by atoms with Crippen molar-refractivity contribution in [2.75, 3.05) is 0 Å². The van der Waals surface area contributed by atoms with Crippen LogP contribution in [-0.2, 0) is 10.2 Å². The first kappa shape index (κ1) is 18.5. The second-order valence-electron chi connectivity index (χ2n) is 4.78. The minimum Gasteiger partial charge on any atom is -0.320 e. The number of thiol groups is 1. The fourth-order valence-electron chi connectivity index (χ4n) is 1.94. The van der Waals surface area contributed by atoms with E-state index in [1.54, 1.807) is 0 Å². The van der Waals surface area contributed by atoms with E-state index in [1.807, 2.05) is 0 Å². The Morgan fingerprint density at radius 3 is 2.09 bits per heavy atom. The van der Waals surface area contributed by atoms with Crippen LogP contribution in [0.15, 0.2) is 46.9 Å². The van der Waals surface area contributed by atoms with Crippen molar-refractivity contribution in [1.29, 1.82) is 0 Å². The highest BCUT2D eigenvalue weighted by Crippen LogP contribution is 2.60. The monoisotopic (exact) mass is 426 g/mol. The van der Waals surface area contributed by atoms with Crippen molar-refractivity contribution in [1.82, 2.24) is 0 Å². The molecule has 0 saturated carbocycles. The summed E-state index contributed by atoms with van der Waals surface area (Å²) >= 11 is 7.28. The molecule has 0 bridgehead atoms. The molecule has 0 aliphatic rings. The van der Waals surface area contributed by atoms with E-state index >= 15 is 0 Å². The first-order chi connectivity index (χ1) is 10.5. The summed E-state index contributed by atoms with van der Waals surface area (Å²) in [5.74, 6) is -0.410. The molecule has 2 rings (SSSR count). The summed E-state index contributed by atoms with van der Waals surface area (Å²) in [7, 11) is -5.64. The highest BCUT2D eigenvalue weighted by molar-refractivity contribution is 9.10. The summed E-state index contributed by atoms with van der Waals surface area (Å²) < 4.78 is 51.3. The normalized spacial score (nSPS) is 13.9. The molecule has 3 nitrogen and oxygen atoms in total. The minimum atomic E-state index is -5.64. The third-order valence-electron chi connectivity index (χ3n) is 3.18. The van der Waals surface area contributed by atoms with Crippen molar-refractivity contribution in [2.45, 2.75) is 10.9 Å². The van der Waals surface area contributed by atoms with Gasteiger partial charge < -0.3 is 9.79 Å². The SMILES string of the molecule is O=P(O)(O)C(F)(F)c1ccc(C(S)c2ccc(F)cc2)cc1Br. The molecule has 124 valence electrons. The Morgan fingerprint density at radius 1 is 1.09 bits per heavy atom. The van der Waals surface area contributed by atoms with Gasteiger partial charge in [-0.2, -0.15) is 21.4 Å². The van der Waals surface area contributed by atoms with Gasteiger partial charge in [0, 0.05) is 10.0 Å². The van der Waals surface area contributed by atoms with Crippen molar-refractivity contribution in [3.8, 4) is 0 Å². The van der Waals surface area contributed by atoms with Gasteiger partial charge in [0.2, 0.25) is 0 Å².